The molecule has 1 aliphatic carbocycles. The molecule has 2 atom stereocenters. The number of anilines is 2. The third-order valence-corrected chi connectivity index (χ3v) is 9.11. The van der Waals surface area contributed by atoms with Crippen molar-refractivity contribution in [1.29, 1.82) is 0 Å². The normalized spacial score (nSPS) is 18.5. The fourth-order valence-electron chi connectivity index (χ4n) is 6.42. The van der Waals surface area contributed by atoms with Gasteiger partial charge in [-0.2, -0.15) is 14.4 Å². The van der Waals surface area contributed by atoms with E-state index in [9.17, 15) is 9.59 Å². The number of benzene rings is 1. The van der Waals surface area contributed by atoms with E-state index in [1.807, 2.05) is 18.7 Å². The van der Waals surface area contributed by atoms with Crippen molar-refractivity contribution in [3.63, 3.8) is 0 Å². The Morgan fingerprint density at radius 2 is 1.87 bits per heavy atom. The predicted octanol–water partition coefficient (Wildman–Crippen LogP) is 4.73. The SMILES string of the molecule is C=CC(=O)N1C[C@H](C)N(c2nc(=O)n(-c3c(F)nc4c(ncn4C)c3C3CC3)c3nc(-c4c(N)cccc4F)c(Cl)cc23)C[C@H]1C. The van der Waals surface area contributed by atoms with Crippen molar-refractivity contribution in [3.05, 3.63) is 76.1 Å². The monoisotopic (exact) mass is 645 g/mol. The highest BCUT2D eigenvalue weighted by Gasteiger charge is 2.37. The molecule has 0 spiro atoms. The molecule has 14 heteroatoms. The van der Waals surface area contributed by atoms with Gasteiger partial charge in [-0.3, -0.25) is 4.79 Å². The number of nitrogens with two attached hydrogens (primary N) is 1. The maximum atomic E-state index is 16.2. The summed E-state index contributed by atoms with van der Waals surface area (Å²) in [5.41, 5.74) is 6.64. The Bertz CT molecular complexity index is 2140. The molecule has 1 aromatic carbocycles. The van der Waals surface area contributed by atoms with Gasteiger partial charge >= 0.3 is 5.69 Å². The zero-order valence-corrected chi connectivity index (χ0v) is 26.1. The van der Waals surface area contributed by atoms with Gasteiger partial charge < -0.3 is 20.1 Å². The topological polar surface area (TPSA) is 128 Å². The van der Waals surface area contributed by atoms with Gasteiger partial charge in [0.2, 0.25) is 11.9 Å². The van der Waals surface area contributed by atoms with Gasteiger partial charge in [0.05, 0.1) is 28.0 Å². The molecule has 1 saturated carbocycles. The predicted molar refractivity (Wildman–Crippen MR) is 172 cm³/mol. The number of hydrogen-bond acceptors (Lipinski definition) is 8. The number of nitrogen functional groups attached to an aromatic ring is 1. The molecule has 236 valence electrons. The van der Waals surface area contributed by atoms with Crippen molar-refractivity contribution in [2.75, 3.05) is 23.7 Å². The highest BCUT2D eigenvalue weighted by Crippen LogP contribution is 2.46. The van der Waals surface area contributed by atoms with E-state index in [1.165, 1.54) is 24.3 Å². The van der Waals surface area contributed by atoms with E-state index >= 15 is 8.78 Å². The van der Waals surface area contributed by atoms with Crippen LogP contribution in [0, 0.1) is 11.8 Å². The van der Waals surface area contributed by atoms with Crippen molar-refractivity contribution in [3.8, 4) is 16.9 Å². The number of amides is 1. The van der Waals surface area contributed by atoms with E-state index in [4.69, 9.17) is 22.3 Å². The van der Waals surface area contributed by atoms with Crippen molar-refractivity contribution < 1.29 is 13.6 Å². The fourth-order valence-corrected chi connectivity index (χ4v) is 6.67. The lowest BCUT2D eigenvalue weighted by molar-refractivity contribution is -0.128. The molecular formula is C32H30ClF2N9O2. The zero-order chi connectivity index (χ0) is 32.6. The Labute approximate surface area is 266 Å². The molecule has 1 saturated heterocycles. The molecular weight excluding hydrogens is 616 g/mol. The van der Waals surface area contributed by atoms with Crippen molar-refractivity contribution in [1.82, 2.24) is 34.0 Å². The fraction of sp³-hybridized carbons (Fsp3) is 0.312. The first kappa shape index (κ1) is 29.8. The number of carbonyl (C=O) groups is 1. The largest absolute Gasteiger partial charge is 0.398 e. The number of aryl methyl sites for hydroxylation is 1. The summed E-state index contributed by atoms with van der Waals surface area (Å²) in [7, 11) is 1.72. The second-order valence-corrected chi connectivity index (χ2v) is 12.4. The van der Waals surface area contributed by atoms with E-state index in [0.717, 1.165) is 17.4 Å². The first-order valence-corrected chi connectivity index (χ1v) is 15.3. The summed E-state index contributed by atoms with van der Waals surface area (Å²) < 4.78 is 34.2. The molecule has 0 unspecified atom stereocenters. The summed E-state index contributed by atoms with van der Waals surface area (Å²) in [6.07, 6.45) is 4.37. The Morgan fingerprint density at radius 1 is 1.11 bits per heavy atom. The number of halogens is 3. The first-order valence-electron chi connectivity index (χ1n) is 14.9. The molecule has 5 heterocycles. The summed E-state index contributed by atoms with van der Waals surface area (Å²) in [5, 5.41) is 0.382. The smallest absolute Gasteiger partial charge is 0.356 e. The second-order valence-electron chi connectivity index (χ2n) is 12.0. The molecule has 2 fully saturated rings. The number of aromatic nitrogens is 6. The van der Waals surface area contributed by atoms with Crippen LogP contribution in [-0.4, -0.2) is 65.1 Å². The molecule has 4 aromatic heterocycles. The summed E-state index contributed by atoms with van der Waals surface area (Å²) in [5.74, 6) is -1.56. The number of imidazole rings is 1. The third kappa shape index (κ3) is 4.60. The lowest BCUT2D eigenvalue weighted by atomic mass is 10.1. The molecule has 0 bridgehead atoms. The quantitative estimate of drug-likeness (QED) is 0.165. The number of carbonyl (C=O) groups excluding carboxylic acids is 1. The zero-order valence-electron chi connectivity index (χ0n) is 25.3. The van der Waals surface area contributed by atoms with E-state index in [-0.39, 0.29) is 63.0 Å². The highest BCUT2D eigenvalue weighted by molar-refractivity contribution is 6.34. The number of rotatable bonds is 5. The Balaban J connectivity index is 1.54. The Kier molecular flexibility index (Phi) is 7.03. The van der Waals surface area contributed by atoms with Gasteiger partial charge in [-0.05, 0) is 56.9 Å². The van der Waals surface area contributed by atoms with Crippen LogP contribution in [0.3, 0.4) is 0 Å². The molecule has 2 N–H and O–H groups in total. The van der Waals surface area contributed by atoms with Gasteiger partial charge in [-0.15, -0.1) is 0 Å². The summed E-state index contributed by atoms with van der Waals surface area (Å²) >= 11 is 6.80. The molecule has 2 aliphatic rings. The minimum Gasteiger partial charge on any atom is -0.398 e. The molecule has 5 aromatic rings. The number of piperazine rings is 1. The summed E-state index contributed by atoms with van der Waals surface area (Å²) in [6, 6.07) is 5.22. The average molecular weight is 646 g/mol. The Hall–Kier alpha value is -4.91. The van der Waals surface area contributed by atoms with Crippen LogP contribution in [-0.2, 0) is 11.8 Å². The van der Waals surface area contributed by atoms with E-state index < -0.39 is 17.5 Å². The van der Waals surface area contributed by atoms with Crippen molar-refractivity contribution in [2.45, 2.75) is 44.7 Å². The van der Waals surface area contributed by atoms with E-state index in [1.54, 1.807) is 28.9 Å². The molecule has 0 radical (unpaired) electrons. The number of pyridine rings is 2. The van der Waals surface area contributed by atoms with Gasteiger partial charge in [0.1, 0.15) is 22.8 Å². The molecule has 1 aliphatic heterocycles. The van der Waals surface area contributed by atoms with Gasteiger partial charge in [0, 0.05) is 43.5 Å². The minimum absolute atomic E-state index is 0.000570. The first-order chi connectivity index (χ1) is 22.0. The van der Waals surface area contributed by atoms with E-state index in [2.05, 4.69) is 21.5 Å². The van der Waals surface area contributed by atoms with Crippen LogP contribution in [0.2, 0.25) is 5.02 Å². The van der Waals surface area contributed by atoms with Crippen LogP contribution in [0.15, 0.2) is 48.0 Å². The van der Waals surface area contributed by atoms with Crippen molar-refractivity contribution in [2.24, 2.45) is 7.05 Å². The van der Waals surface area contributed by atoms with E-state index in [0.29, 0.717) is 35.2 Å². The molecule has 11 nitrogen and oxygen atoms in total. The van der Waals surface area contributed by atoms with Crippen LogP contribution in [0.4, 0.5) is 20.3 Å². The highest BCUT2D eigenvalue weighted by atomic mass is 35.5. The number of hydrogen-bond donors (Lipinski definition) is 1. The Morgan fingerprint density at radius 3 is 2.57 bits per heavy atom. The molecule has 1 amide bonds. The van der Waals surface area contributed by atoms with Crippen LogP contribution in [0.5, 0.6) is 0 Å². The lowest BCUT2D eigenvalue weighted by Gasteiger charge is -2.44. The second kappa shape index (κ2) is 10.9. The molecule has 7 rings (SSSR count). The van der Waals surface area contributed by atoms with Gasteiger partial charge in [0.25, 0.3) is 0 Å². The van der Waals surface area contributed by atoms with Gasteiger partial charge in [-0.25, -0.2) is 23.7 Å². The van der Waals surface area contributed by atoms with Gasteiger partial charge in [0.15, 0.2) is 11.3 Å². The molecule has 46 heavy (non-hydrogen) atoms. The standard InChI is InChI=1S/C32H30ClF2N9O2/c1-5-22(45)42-12-16(3)43(13-15(42)2)29-18-11-19(33)25(24-20(34)7-6-8-21(24)36)38-30(18)44(32(46)40-29)27-23(17-9-10-17)26-31(39-28(27)35)41(4)14-37-26/h5-8,11,14-17H,1,9-10,12-13,36H2,2-4H3/t15-,16+/m1/s1. The van der Waals surface area contributed by atoms with Crippen LogP contribution in [0.1, 0.15) is 38.2 Å². The van der Waals surface area contributed by atoms with Crippen LogP contribution >= 0.6 is 11.6 Å². The number of nitrogens with zero attached hydrogens (tertiary/aromatic N) is 8. The van der Waals surface area contributed by atoms with Crippen LogP contribution < -0.4 is 16.3 Å². The maximum Gasteiger partial charge on any atom is 0.356 e. The van der Waals surface area contributed by atoms with Crippen molar-refractivity contribution >= 4 is 51.2 Å². The third-order valence-electron chi connectivity index (χ3n) is 8.82. The van der Waals surface area contributed by atoms with Crippen LogP contribution in [0.25, 0.3) is 39.1 Å². The summed E-state index contributed by atoms with van der Waals surface area (Å²) in [4.78, 5) is 48.3. The average Bonchev–Trinajstić information content (AvgIpc) is 3.80. The lowest BCUT2D eigenvalue weighted by Crippen LogP contribution is -2.58. The van der Waals surface area contributed by atoms with Gasteiger partial charge in [-0.1, -0.05) is 24.2 Å². The summed E-state index contributed by atoms with van der Waals surface area (Å²) in [6.45, 7) is 8.07. The maximum absolute atomic E-state index is 16.2. The minimum atomic E-state index is -0.891. The number of fused-ring (bicyclic) bond motifs is 2.